The van der Waals surface area contributed by atoms with Crippen molar-refractivity contribution in [3.05, 3.63) is 84.9 Å². The smallest absolute Gasteiger partial charge is 0.230 e. The van der Waals surface area contributed by atoms with Crippen LogP contribution in [-0.4, -0.2) is 21.0 Å². The molecule has 0 aliphatic rings. The highest BCUT2D eigenvalue weighted by Gasteiger charge is 2.07. The summed E-state index contributed by atoms with van der Waals surface area (Å²) in [6.07, 6.45) is 5.09. The van der Waals surface area contributed by atoms with E-state index in [1.165, 1.54) is 0 Å². The minimum Gasteiger partial charge on any atom is -0.457 e. The summed E-state index contributed by atoms with van der Waals surface area (Å²) < 4.78 is 11.0. The van der Waals surface area contributed by atoms with Gasteiger partial charge in [0.25, 0.3) is 0 Å². The van der Waals surface area contributed by atoms with Gasteiger partial charge in [-0.05, 0) is 42.5 Å². The molecular weight excluding hydrogens is 356 g/mol. The van der Waals surface area contributed by atoms with Gasteiger partial charge >= 0.3 is 0 Å². The first-order valence-corrected chi connectivity index (χ1v) is 8.61. The lowest BCUT2D eigenvalue weighted by molar-refractivity contribution is -0.115. The van der Waals surface area contributed by atoms with Gasteiger partial charge in [-0.15, -0.1) is 0 Å². The molecule has 1 amide bonds. The zero-order valence-electron chi connectivity index (χ0n) is 14.8. The molecule has 0 fully saturated rings. The van der Waals surface area contributed by atoms with Gasteiger partial charge in [-0.1, -0.05) is 11.2 Å². The number of hydrogen-bond donors (Lipinski definition) is 1. The van der Waals surface area contributed by atoms with Crippen molar-refractivity contribution < 1.29 is 14.1 Å². The predicted molar refractivity (Wildman–Crippen MR) is 103 cm³/mol. The highest BCUT2D eigenvalue weighted by molar-refractivity contribution is 5.92. The summed E-state index contributed by atoms with van der Waals surface area (Å²) in [6, 6.07) is 17.9. The lowest BCUT2D eigenvalue weighted by Crippen LogP contribution is -2.14. The van der Waals surface area contributed by atoms with Gasteiger partial charge in [0.1, 0.15) is 17.2 Å². The van der Waals surface area contributed by atoms with Crippen LogP contribution in [-0.2, 0) is 11.2 Å². The second kappa shape index (κ2) is 8.13. The molecule has 0 spiro atoms. The molecule has 0 aliphatic heterocycles. The van der Waals surface area contributed by atoms with Crippen LogP contribution in [0.3, 0.4) is 0 Å². The summed E-state index contributed by atoms with van der Waals surface area (Å²) in [5, 5.41) is 6.52. The summed E-state index contributed by atoms with van der Waals surface area (Å²) in [5.74, 6) is 1.69. The first-order chi connectivity index (χ1) is 13.8. The highest BCUT2D eigenvalue weighted by Crippen LogP contribution is 2.26. The number of pyridine rings is 2. The largest absolute Gasteiger partial charge is 0.457 e. The molecule has 3 aromatic heterocycles. The molecule has 0 radical (unpaired) electrons. The van der Waals surface area contributed by atoms with Crippen LogP contribution in [0.5, 0.6) is 11.5 Å². The normalized spacial score (nSPS) is 10.4. The molecule has 0 bridgehead atoms. The molecule has 1 aromatic carbocycles. The Hall–Kier alpha value is -4.00. The summed E-state index contributed by atoms with van der Waals surface area (Å²) in [6.45, 7) is 0. The number of anilines is 1. The molecule has 3 heterocycles. The van der Waals surface area contributed by atoms with E-state index in [1.807, 2.05) is 18.2 Å². The predicted octanol–water partition coefficient (Wildman–Crippen LogP) is 4.11. The highest BCUT2D eigenvalue weighted by atomic mass is 16.5. The van der Waals surface area contributed by atoms with Crippen molar-refractivity contribution in [3.8, 4) is 23.0 Å². The Morgan fingerprint density at radius 2 is 1.82 bits per heavy atom. The minimum atomic E-state index is -0.127. The van der Waals surface area contributed by atoms with Crippen molar-refractivity contribution in [2.24, 2.45) is 0 Å². The molecule has 28 heavy (non-hydrogen) atoms. The van der Waals surface area contributed by atoms with Crippen molar-refractivity contribution in [1.29, 1.82) is 0 Å². The van der Waals surface area contributed by atoms with Crippen molar-refractivity contribution in [3.63, 3.8) is 0 Å². The van der Waals surface area contributed by atoms with Gasteiger partial charge in [0.15, 0.2) is 5.76 Å². The number of rotatable bonds is 6. The van der Waals surface area contributed by atoms with Crippen LogP contribution in [0.2, 0.25) is 0 Å². The molecule has 0 saturated heterocycles. The lowest BCUT2D eigenvalue weighted by Gasteiger charge is -2.08. The minimum absolute atomic E-state index is 0.127. The SMILES string of the molecule is O=C(Cc1ccccn1)Nc1ccc(Oc2ccnc(-c3ccno3)c2)cc1. The van der Waals surface area contributed by atoms with Crippen molar-refractivity contribution >= 4 is 11.6 Å². The summed E-state index contributed by atoms with van der Waals surface area (Å²) in [5.41, 5.74) is 2.04. The van der Waals surface area contributed by atoms with Gasteiger partial charge in [-0.25, -0.2) is 0 Å². The molecule has 4 aromatic rings. The number of benzene rings is 1. The molecular formula is C21H16N4O3. The summed E-state index contributed by atoms with van der Waals surface area (Å²) >= 11 is 0. The van der Waals surface area contributed by atoms with E-state index in [4.69, 9.17) is 9.26 Å². The second-order valence-corrected chi connectivity index (χ2v) is 5.93. The number of aromatic nitrogens is 3. The van der Waals surface area contributed by atoms with E-state index in [1.54, 1.807) is 61.1 Å². The van der Waals surface area contributed by atoms with Crippen LogP contribution in [0.1, 0.15) is 5.69 Å². The maximum absolute atomic E-state index is 12.1. The number of amides is 1. The Morgan fingerprint density at radius 3 is 2.57 bits per heavy atom. The van der Waals surface area contributed by atoms with E-state index >= 15 is 0 Å². The van der Waals surface area contributed by atoms with Crippen LogP contribution in [0.25, 0.3) is 11.5 Å². The fraction of sp³-hybridized carbons (Fsp3) is 0.0476. The van der Waals surface area contributed by atoms with E-state index in [9.17, 15) is 4.79 Å². The van der Waals surface area contributed by atoms with Crippen LogP contribution in [0.15, 0.2) is 83.8 Å². The summed E-state index contributed by atoms with van der Waals surface area (Å²) in [7, 11) is 0. The molecule has 7 heteroatoms. The number of carbonyl (C=O) groups excluding carboxylic acids is 1. The van der Waals surface area contributed by atoms with Gasteiger partial charge in [-0.3, -0.25) is 14.8 Å². The van der Waals surface area contributed by atoms with E-state index in [0.29, 0.717) is 28.6 Å². The van der Waals surface area contributed by atoms with Crippen molar-refractivity contribution in [2.75, 3.05) is 5.32 Å². The van der Waals surface area contributed by atoms with Gasteiger partial charge < -0.3 is 14.6 Å². The summed E-state index contributed by atoms with van der Waals surface area (Å²) in [4.78, 5) is 20.5. The third-order valence-electron chi connectivity index (χ3n) is 3.86. The monoisotopic (exact) mass is 372 g/mol. The maximum atomic E-state index is 12.1. The zero-order valence-corrected chi connectivity index (χ0v) is 14.8. The number of nitrogens with one attached hydrogen (secondary N) is 1. The third-order valence-corrected chi connectivity index (χ3v) is 3.86. The lowest BCUT2D eigenvalue weighted by atomic mass is 10.2. The Labute approximate surface area is 161 Å². The van der Waals surface area contributed by atoms with E-state index in [-0.39, 0.29) is 12.3 Å². The van der Waals surface area contributed by atoms with Gasteiger partial charge in [-0.2, -0.15) is 0 Å². The van der Waals surface area contributed by atoms with Crippen LogP contribution in [0.4, 0.5) is 5.69 Å². The van der Waals surface area contributed by atoms with Gasteiger partial charge in [0.2, 0.25) is 5.91 Å². The fourth-order valence-electron chi connectivity index (χ4n) is 2.57. The Bertz CT molecular complexity index is 1050. The number of nitrogens with zero attached hydrogens (tertiary/aromatic N) is 3. The first-order valence-electron chi connectivity index (χ1n) is 8.61. The molecule has 0 aliphatic carbocycles. The van der Waals surface area contributed by atoms with Crippen LogP contribution in [0, 0.1) is 0 Å². The Balaban J connectivity index is 1.38. The second-order valence-electron chi connectivity index (χ2n) is 5.93. The molecule has 7 nitrogen and oxygen atoms in total. The number of hydrogen-bond acceptors (Lipinski definition) is 6. The van der Waals surface area contributed by atoms with Crippen molar-refractivity contribution in [1.82, 2.24) is 15.1 Å². The van der Waals surface area contributed by atoms with E-state index < -0.39 is 0 Å². The van der Waals surface area contributed by atoms with Gasteiger partial charge in [0.05, 0.1) is 12.6 Å². The standard InChI is InChI=1S/C21H16N4O3/c26-21(13-16-3-1-2-10-22-16)25-15-4-6-17(7-5-15)27-18-8-11-23-19(14-18)20-9-12-24-28-20/h1-12,14H,13H2,(H,25,26). The topological polar surface area (TPSA) is 90.1 Å². The zero-order chi connectivity index (χ0) is 19.2. The molecule has 0 unspecified atom stereocenters. The van der Waals surface area contributed by atoms with E-state index in [0.717, 1.165) is 5.69 Å². The average Bonchev–Trinajstić information content (AvgIpc) is 3.25. The molecule has 0 saturated carbocycles. The quantitative estimate of drug-likeness (QED) is 0.548. The van der Waals surface area contributed by atoms with Crippen LogP contribution >= 0.6 is 0 Å². The molecule has 1 N–H and O–H groups in total. The molecule has 4 rings (SSSR count). The van der Waals surface area contributed by atoms with E-state index in [2.05, 4.69) is 20.4 Å². The third kappa shape index (κ3) is 4.39. The Kier molecular flexibility index (Phi) is 5.06. The number of carbonyl (C=O) groups is 1. The first kappa shape index (κ1) is 17.4. The van der Waals surface area contributed by atoms with Crippen LogP contribution < -0.4 is 10.1 Å². The van der Waals surface area contributed by atoms with Gasteiger partial charge in [0, 0.05) is 35.9 Å². The number of ether oxygens (including phenoxy) is 1. The average molecular weight is 372 g/mol. The molecule has 138 valence electrons. The molecule has 0 atom stereocenters. The van der Waals surface area contributed by atoms with Crippen molar-refractivity contribution in [2.45, 2.75) is 6.42 Å². The maximum Gasteiger partial charge on any atom is 0.230 e. The fourth-order valence-corrected chi connectivity index (χ4v) is 2.57. The Morgan fingerprint density at radius 1 is 0.929 bits per heavy atom.